The first-order chi connectivity index (χ1) is 11.7. The first-order valence-electron chi connectivity index (χ1n) is 9.05. The number of rotatable bonds is 7. The van der Waals surface area contributed by atoms with Crippen molar-refractivity contribution in [2.75, 3.05) is 13.1 Å². The van der Waals surface area contributed by atoms with Crippen molar-refractivity contribution in [1.29, 1.82) is 0 Å². The number of likely N-dealkylation sites (tertiary alicyclic amines) is 1. The number of benzene rings is 1. The molecule has 0 aliphatic carbocycles. The van der Waals surface area contributed by atoms with Gasteiger partial charge in [0.15, 0.2) is 0 Å². The van der Waals surface area contributed by atoms with Crippen LogP contribution in [0.25, 0.3) is 0 Å². The summed E-state index contributed by atoms with van der Waals surface area (Å²) in [4.78, 5) is 15.0. The molecule has 0 N–H and O–H groups in total. The number of nitrogens with zero attached hydrogens (tertiary/aromatic N) is 3. The Labute approximate surface area is 144 Å². The molecule has 1 atom stereocenters. The van der Waals surface area contributed by atoms with Crippen molar-refractivity contribution >= 4 is 5.78 Å². The lowest BCUT2D eigenvalue weighted by atomic mass is 9.90. The lowest BCUT2D eigenvalue weighted by Gasteiger charge is -2.31. The minimum absolute atomic E-state index is 0.198. The Balaban J connectivity index is 1.50. The molecular weight excluding hydrogens is 298 g/mol. The number of carbonyl (C=O) groups excluding carboxylic acids is 1. The fourth-order valence-electron chi connectivity index (χ4n) is 3.50. The number of ketones is 1. The minimum Gasteiger partial charge on any atom is -0.299 e. The largest absolute Gasteiger partial charge is 0.299 e. The first kappa shape index (κ1) is 16.9. The molecule has 0 amide bonds. The lowest BCUT2D eigenvalue weighted by Crippen LogP contribution is -2.38. The van der Waals surface area contributed by atoms with Gasteiger partial charge in [0.25, 0.3) is 0 Å². The van der Waals surface area contributed by atoms with E-state index in [0.29, 0.717) is 12.2 Å². The smallest absolute Gasteiger partial charge is 0.137 e. The molecule has 1 fully saturated rings. The summed E-state index contributed by atoms with van der Waals surface area (Å²) in [7, 11) is 0. The third-order valence-corrected chi connectivity index (χ3v) is 4.88. The van der Waals surface area contributed by atoms with Gasteiger partial charge in [-0.05, 0) is 38.3 Å². The summed E-state index contributed by atoms with van der Waals surface area (Å²) in [6.07, 6.45) is 7.74. The van der Waals surface area contributed by atoms with Gasteiger partial charge in [-0.15, -0.1) is 0 Å². The van der Waals surface area contributed by atoms with E-state index in [1.54, 1.807) is 0 Å². The van der Waals surface area contributed by atoms with Crippen molar-refractivity contribution in [3.8, 4) is 0 Å². The van der Waals surface area contributed by atoms with Gasteiger partial charge in [-0.25, -0.2) is 0 Å². The van der Waals surface area contributed by atoms with Crippen molar-refractivity contribution in [1.82, 2.24) is 14.7 Å². The Morgan fingerprint density at radius 1 is 1.25 bits per heavy atom. The number of aromatic nitrogens is 2. The van der Waals surface area contributed by atoms with E-state index in [1.807, 2.05) is 29.1 Å². The summed E-state index contributed by atoms with van der Waals surface area (Å²) >= 11 is 0. The van der Waals surface area contributed by atoms with Gasteiger partial charge in [0.05, 0.1) is 6.20 Å². The second kappa shape index (κ2) is 8.25. The van der Waals surface area contributed by atoms with Gasteiger partial charge < -0.3 is 0 Å². The average molecular weight is 325 g/mol. The number of hydrogen-bond donors (Lipinski definition) is 0. The van der Waals surface area contributed by atoms with Crippen molar-refractivity contribution in [2.45, 2.75) is 45.7 Å². The Bertz CT molecular complexity index is 650. The third kappa shape index (κ3) is 4.54. The van der Waals surface area contributed by atoms with Gasteiger partial charge in [0.2, 0.25) is 0 Å². The van der Waals surface area contributed by atoms with Crippen LogP contribution in [-0.4, -0.2) is 33.6 Å². The number of piperidine rings is 1. The standard InChI is InChI=1S/C20H27N3O/c1-2-23-15-18(13-21-23)14-22-12-6-9-19(16-22)20(24)11-10-17-7-4-3-5-8-17/h3-5,7-8,13,15,19H,2,6,9-12,14,16H2,1H3. The van der Waals surface area contributed by atoms with E-state index in [0.717, 1.165) is 45.4 Å². The molecule has 4 nitrogen and oxygen atoms in total. The summed E-state index contributed by atoms with van der Waals surface area (Å²) in [5.41, 5.74) is 2.50. The topological polar surface area (TPSA) is 38.1 Å². The summed E-state index contributed by atoms with van der Waals surface area (Å²) in [5.74, 6) is 0.622. The van der Waals surface area contributed by atoms with Crippen molar-refractivity contribution in [3.63, 3.8) is 0 Å². The molecule has 0 spiro atoms. The molecule has 1 unspecified atom stereocenters. The predicted molar refractivity (Wildman–Crippen MR) is 95.7 cm³/mol. The van der Waals surface area contributed by atoms with Crippen LogP contribution in [0, 0.1) is 5.92 Å². The monoisotopic (exact) mass is 325 g/mol. The minimum atomic E-state index is 0.198. The maximum absolute atomic E-state index is 12.6. The maximum Gasteiger partial charge on any atom is 0.137 e. The Hall–Kier alpha value is -1.94. The maximum atomic E-state index is 12.6. The van der Waals surface area contributed by atoms with E-state index >= 15 is 0 Å². The molecular formula is C20H27N3O. The Morgan fingerprint density at radius 2 is 2.08 bits per heavy atom. The van der Waals surface area contributed by atoms with E-state index in [4.69, 9.17) is 0 Å². The molecule has 1 aliphatic rings. The van der Waals surface area contributed by atoms with Crippen LogP contribution >= 0.6 is 0 Å². The van der Waals surface area contributed by atoms with Crippen LogP contribution in [0.2, 0.25) is 0 Å². The zero-order chi connectivity index (χ0) is 16.8. The molecule has 0 radical (unpaired) electrons. The van der Waals surface area contributed by atoms with Gasteiger partial charge in [-0.2, -0.15) is 5.10 Å². The first-order valence-corrected chi connectivity index (χ1v) is 9.05. The van der Waals surface area contributed by atoms with Crippen LogP contribution in [0.15, 0.2) is 42.7 Å². The molecule has 24 heavy (non-hydrogen) atoms. The van der Waals surface area contributed by atoms with Crippen LogP contribution in [0.5, 0.6) is 0 Å². The fraction of sp³-hybridized carbons (Fsp3) is 0.500. The highest BCUT2D eigenvalue weighted by Crippen LogP contribution is 2.21. The van der Waals surface area contributed by atoms with E-state index < -0.39 is 0 Å². The van der Waals surface area contributed by atoms with Crippen LogP contribution in [0.1, 0.15) is 37.3 Å². The molecule has 1 aromatic heterocycles. The highest BCUT2D eigenvalue weighted by molar-refractivity contribution is 5.81. The highest BCUT2D eigenvalue weighted by Gasteiger charge is 2.25. The molecule has 4 heteroatoms. The van der Waals surface area contributed by atoms with E-state index in [-0.39, 0.29) is 5.92 Å². The molecule has 2 heterocycles. The Morgan fingerprint density at radius 3 is 2.83 bits per heavy atom. The number of carbonyl (C=O) groups is 1. The molecule has 3 rings (SSSR count). The molecule has 2 aromatic rings. The van der Waals surface area contributed by atoms with Gasteiger partial charge in [-0.3, -0.25) is 14.4 Å². The fourth-order valence-corrected chi connectivity index (χ4v) is 3.50. The quantitative estimate of drug-likeness (QED) is 0.784. The summed E-state index contributed by atoms with van der Waals surface area (Å²) < 4.78 is 1.96. The van der Waals surface area contributed by atoms with Crippen LogP contribution in [0.4, 0.5) is 0 Å². The molecule has 1 saturated heterocycles. The van der Waals surface area contributed by atoms with Gasteiger partial charge in [-0.1, -0.05) is 30.3 Å². The summed E-state index contributed by atoms with van der Waals surface area (Å²) in [6, 6.07) is 10.3. The molecule has 0 saturated carbocycles. The molecule has 0 bridgehead atoms. The van der Waals surface area contributed by atoms with E-state index in [1.165, 1.54) is 11.1 Å². The highest BCUT2D eigenvalue weighted by atomic mass is 16.1. The van der Waals surface area contributed by atoms with Crippen LogP contribution < -0.4 is 0 Å². The Kier molecular flexibility index (Phi) is 5.81. The van der Waals surface area contributed by atoms with Crippen LogP contribution in [-0.2, 0) is 24.3 Å². The summed E-state index contributed by atoms with van der Waals surface area (Å²) in [6.45, 7) is 5.88. The second-order valence-electron chi connectivity index (χ2n) is 6.73. The second-order valence-corrected chi connectivity index (χ2v) is 6.73. The summed E-state index contributed by atoms with van der Waals surface area (Å²) in [5, 5.41) is 4.34. The van der Waals surface area contributed by atoms with Crippen molar-refractivity contribution in [2.24, 2.45) is 5.92 Å². The van der Waals surface area contributed by atoms with Gasteiger partial charge in [0.1, 0.15) is 5.78 Å². The third-order valence-electron chi connectivity index (χ3n) is 4.88. The zero-order valence-electron chi connectivity index (χ0n) is 14.5. The zero-order valence-corrected chi connectivity index (χ0v) is 14.5. The number of aryl methyl sites for hydroxylation is 2. The lowest BCUT2D eigenvalue weighted by molar-refractivity contribution is -0.124. The van der Waals surface area contributed by atoms with Gasteiger partial charge >= 0.3 is 0 Å². The van der Waals surface area contributed by atoms with Crippen molar-refractivity contribution < 1.29 is 4.79 Å². The van der Waals surface area contributed by atoms with E-state index in [9.17, 15) is 4.79 Å². The normalized spacial score (nSPS) is 18.6. The van der Waals surface area contributed by atoms with E-state index in [2.05, 4.69) is 35.3 Å². The number of hydrogen-bond acceptors (Lipinski definition) is 3. The van der Waals surface area contributed by atoms with Crippen molar-refractivity contribution in [3.05, 3.63) is 53.9 Å². The SMILES string of the molecule is CCn1cc(CN2CCCC(C(=O)CCc3ccccc3)C2)cn1. The number of Topliss-reactive ketones (excluding diaryl/α,β-unsaturated/α-hetero) is 1. The van der Waals surface area contributed by atoms with Gasteiger partial charge in [0, 0.05) is 43.7 Å². The average Bonchev–Trinajstić information content (AvgIpc) is 3.08. The van der Waals surface area contributed by atoms with Crippen LogP contribution in [0.3, 0.4) is 0 Å². The predicted octanol–water partition coefficient (Wildman–Crippen LogP) is 3.32. The molecule has 1 aliphatic heterocycles. The molecule has 128 valence electrons. The molecule has 1 aromatic carbocycles.